The van der Waals surface area contributed by atoms with Crippen LogP contribution in [0.25, 0.3) is 0 Å². The SMILES string of the molecule is C=CC(=C)BC(CCC)CCC. The van der Waals surface area contributed by atoms with Crippen molar-refractivity contribution in [3.8, 4) is 0 Å². The predicted octanol–water partition coefficient (Wildman–Crippen LogP) is 3.51. The molecule has 0 spiro atoms. The standard InChI is InChI=1S/C11H21B/c1-5-8-11(9-6-2)12-10(4)7-3/h7,11-12H,3-6,8-9H2,1-2H3. The fourth-order valence-electron chi connectivity index (χ4n) is 1.62. The molecule has 0 bridgehead atoms. The minimum atomic E-state index is 0.838. The first kappa shape index (κ1) is 11.5. The van der Waals surface area contributed by atoms with Gasteiger partial charge in [-0.2, -0.15) is 0 Å². The van der Waals surface area contributed by atoms with Crippen molar-refractivity contribution in [1.82, 2.24) is 0 Å². The first-order valence-electron chi connectivity index (χ1n) is 5.04. The van der Waals surface area contributed by atoms with Gasteiger partial charge in [0.2, 0.25) is 0 Å². The largest absolute Gasteiger partial charge is 0.160 e. The normalized spacial score (nSPS) is 9.92. The summed E-state index contributed by atoms with van der Waals surface area (Å²) in [6.07, 6.45) is 7.13. The molecule has 0 nitrogen and oxygen atoms in total. The average Bonchev–Trinajstić information content (AvgIpc) is 2.05. The summed E-state index contributed by atoms with van der Waals surface area (Å²) in [6.45, 7) is 12.2. The highest BCUT2D eigenvalue weighted by molar-refractivity contribution is 6.47. The summed E-state index contributed by atoms with van der Waals surface area (Å²) in [4.78, 5) is 0. The molecule has 1 heteroatoms. The quantitative estimate of drug-likeness (QED) is 0.399. The lowest BCUT2D eigenvalue weighted by Gasteiger charge is -2.13. The molecule has 0 heterocycles. The zero-order valence-electron chi connectivity index (χ0n) is 8.60. The molecule has 0 fully saturated rings. The molecular weight excluding hydrogens is 143 g/mol. The Morgan fingerprint density at radius 1 is 1.33 bits per heavy atom. The van der Waals surface area contributed by atoms with E-state index in [1.54, 1.807) is 0 Å². The third kappa shape index (κ3) is 5.23. The molecule has 0 unspecified atom stereocenters. The molecule has 0 amide bonds. The molecule has 0 saturated heterocycles. The Labute approximate surface area is 78.0 Å². The van der Waals surface area contributed by atoms with Crippen molar-refractivity contribution in [3.05, 3.63) is 24.7 Å². The molecule has 12 heavy (non-hydrogen) atoms. The summed E-state index contributed by atoms with van der Waals surface area (Å²) >= 11 is 0. The van der Waals surface area contributed by atoms with E-state index in [-0.39, 0.29) is 0 Å². The Hall–Kier alpha value is -0.455. The van der Waals surface area contributed by atoms with Crippen molar-refractivity contribution in [2.75, 3.05) is 0 Å². The van der Waals surface area contributed by atoms with Gasteiger partial charge in [0.05, 0.1) is 0 Å². The Morgan fingerprint density at radius 3 is 2.17 bits per heavy atom. The molecule has 0 aromatic heterocycles. The van der Waals surface area contributed by atoms with E-state index in [4.69, 9.17) is 0 Å². The third-order valence-electron chi connectivity index (χ3n) is 2.23. The lowest BCUT2D eigenvalue weighted by Crippen LogP contribution is -2.04. The Balaban J connectivity index is 3.76. The average molecular weight is 164 g/mol. The van der Waals surface area contributed by atoms with Crippen LogP contribution in [0, 0.1) is 0 Å². The maximum Gasteiger partial charge on any atom is 0.160 e. The number of hydrogen-bond acceptors (Lipinski definition) is 0. The van der Waals surface area contributed by atoms with E-state index in [1.807, 2.05) is 6.08 Å². The van der Waals surface area contributed by atoms with Crippen LogP contribution in [0.1, 0.15) is 39.5 Å². The lowest BCUT2D eigenvalue weighted by atomic mass is 9.56. The van der Waals surface area contributed by atoms with Crippen LogP contribution in [-0.4, -0.2) is 7.28 Å². The number of hydrogen-bond donors (Lipinski definition) is 0. The van der Waals surface area contributed by atoms with Crippen molar-refractivity contribution in [1.29, 1.82) is 0 Å². The molecule has 0 saturated carbocycles. The Morgan fingerprint density at radius 2 is 1.83 bits per heavy atom. The van der Waals surface area contributed by atoms with Gasteiger partial charge in [0.1, 0.15) is 0 Å². The van der Waals surface area contributed by atoms with Crippen LogP contribution >= 0.6 is 0 Å². The number of allylic oxidation sites excluding steroid dienone is 2. The summed E-state index contributed by atoms with van der Waals surface area (Å²) in [6, 6.07) is 0. The molecule has 0 rings (SSSR count). The van der Waals surface area contributed by atoms with Gasteiger partial charge in [-0.1, -0.05) is 63.5 Å². The van der Waals surface area contributed by atoms with E-state index < -0.39 is 0 Å². The highest BCUT2D eigenvalue weighted by Crippen LogP contribution is 2.20. The fraction of sp³-hybridized carbons (Fsp3) is 0.636. The summed E-state index contributed by atoms with van der Waals surface area (Å²) in [5.74, 6) is 0.838. The van der Waals surface area contributed by atoms with Gasteiger partial charge in [0.15, 0.2) is 7.28 Å². The zero-order valence-corrected chi connectivity index (χ0v) is 8.60. The first-order valence-corrected chi connectivity index (χ1v) is 5.04. The van der Waals surface area contributed by atoms with Crippen LogP contribution in [0.4, 0.5) is 0 Å². The lowest BCUT2D eigenvalue weighted by molar-refractivity contribution is 0.650. The van der Waals surface area contributed by atoms with Crippen molar-refractivity contribution >= 4 is 7.28 Å². The van der Waals surface area contributed by atoms with Crippen LogP contribution in [0.5, 0.6) is 0 Å². The summed E-state index contributed by atoms with van der Waals surface area (Å²) in [5.41, 5.74) is 1.20. The monoisotopic (exact) mass is 164 g/mol. The minimum absolute atomic E-state index is 0.838. The highest BCUT2D eigenvalue weighted by atomic mass is 14.0. The second-order valence-corrected chi connectivity index (χ2v) is 3.51. The van der Waals surface area contributed by atoms with E-state index in [0.717, 1.165) is 13.1 Å². The zero-order chi connectivity index (χ0) is 9.40. The van der Waals surface area contributed by atoms with Gasteiger partial charge in [-0.3, -0.25) is 0 Å². The molecule has 0 aromatic carbocycles. The molecule has 0 aliphatic heterocycles. The Bertz CT molecular complexity index is 132. The van der Waals surface area contributed by atoms with Crippen LogP contribution in [0.15, 0.2) is 24.7 Å². The fourth-order valence-corrected chi connectivity index (χ4v) is 1.62. The molecule has 68 valence electrons. The molecule has 0 aromatic rings. The van der Waals surface area contributed by atoms with Gasteiger partial charge in [0, 0.05) is 0 Å². The van der Waals surface area contributed by atoms with Gasteiger partial charge in [0.25, 0.3) is 0 Å². The second-order valence-electron chi connectivity index (χ2n) is 3.51. The van der Waals surface area contributed by atoms with Crippen molar-refractivity contribution in [3.63, 3.8) is 0 Å². The molecule has 0 atom stereocenters. The van der Waals surface area contributed by atoms with E-state index in [1.165, 1.54) is 31.2 Å². The van der Waals surface area contributed by atoms with E-state index in [2.05, 4.69) is 27.0 Å². The first-order chi connectivity index (χ1) is 5.74. The van der Waals surface area contributed by atoms with Gasteiger partial charge in [-0.15, -0.1) is 6.58 Å². The number of rotatable bonds is 7. The minimum Gasteiger partial charge on any atom is -0.105 e. The maximum atomic E-state index is 3.96. The van der Waals surface area contributed by atoms with Crippen LogP contribution in [0.2, 0.25) is 5.82 Å². The molecule has 0 aliphatic carbocycles. The van der Waals surface area contributed by atoms with Crippen molar-refractivity contribution in [2.24, 2.45) is 0 Å². The van der Waals surface area contributed by atoms with Gasteiger partial charge in [-0.05, 0) is 0 Å². The second kappa shape index (κ2) is 7.21. The maximum absolute atomic E-state index is 3.96. The highest BCUT2D eigenvalue weighted by Gasteiger charge is 2.08. The molecule has 0 radical (unpaired) electrons. The third-order valence-corrected chi connectivity index (χ3v) is 2.23. The van der Waals surface area contributed by atoms with Crippen molar-refractivity contribution < 1.29 is 0 Å². The topological polar surface area (TPSA) is 0 Å². The van der Waals surface area contributed by atoms with Crippen molar-refractivity contribution in [2.45, 2.75) is 45.3 Å². The van der Waals surface area contributed by atoms with Crippen LogP contribution < -0.4 is 0 Å². The summed E-state index contributed by atoms with van der Waals surface area (Å²) in [7, 11) is 1.14. The van der Waals surface area contributed by atoms with Crippen LogP contribution in [0.3, 0.4) is 0 Å². The Kier molecular flexibility index (Phi) is 6.93. The van der Waals surface area contributed by atoms with Gasteiger partial charge >= 0.3 is 0 Å². The van der Waals surface area contributed by atoms with Gasteiger partial charge < -0.3 is 0 Å². The van der Waals surface area contributed by atoms with E-state index in [9.17, 15) is 0 Å². The van der Waals surface area contributed by atoms with E-state index in [0.29, 0.717) is 0 Å². The molecular formula is C11H21B. The molecule has 0 aliphatic rings. The van der Waals surface area contributed by atoms with Crippen LogP contribution in [-0.2, 0) is 0 Å². The van der Waals surface area contributed by atoms with Gasteiger partial charge in [-0.25, -0.2) is 0 Å². The smallest absolute Gasteiger partial charge is 0.105 e. The summed E-state index contributed by atoms with van der Waals surface area (Å²) < 4.78 is 0. The molecule has 0 N–H and O–H groups in total. The van der Waals surface area contributed by atoms with E-state index >= 15 is 0 Å². The predicted molar refractivity (Wildman–Crippen MR) is 60.1 cm³/mol. The summed E-state index contributed by atoms with van der Waals surface area (Å²) in [5, 5.41) is 0.